The quantitative estimate of drug-likeness (QED) is 0.727. The van der Waals surface area contributed by atoms with Crippen molar-refractivity contribution in [1.82, 2.24) is 4.73 Å². The van der Waals surface area contributed by atoms with E-state index in [9.17, 15) is 10.0 Å². The molecule has 1 aromatic heterocycles. The molecule has 3 aromatic rings. The third-order valence-electron chi connectivity index (χ3n) is 3.50. The normalized spacial score (nSPS) is 10.6. The molecule has 5 heteroatoms. The zero-order valence-corrected chi connectivity index (χ0v) is 12.1. The summed E-state index contributed by atoms with van der Waals surface area (Å²) < 4.78 is 6.12. The fourth-order valence-electron chi connectivity index (χ4n) is 2.43. The van der Waals surface area contributed by atoms with Gasteiger partial charge in [-0.15, -0.1) is 0 Å². The Kier molecular flexibility index (Phi) is 3.70. The molecule has 22 heavy (non-hydrogen) atoms. The lowest BCUT2D eigenvalue weighted by atomic mass is 10.1. The van der Waals surface area contributed by atoms with E-state index in [1.54, 1.807) is 43.6 Å². The first-order valence-electron chi connectivity index (χ1n) is 6.89. The van der Waals surface area contributed by atoms with Crippen LogP contribution in [0.3, 0.4) is 0 Å². The summed E-state index contributed by atoms with van der Waals surface area (Å²) in [5, 5.41) is 13.5. The molecule has 3 rings (SSSR count). The van der Waals surface area contributed by atoms with Crippen molar-refractivity contribution in [1.29, 1.82) is 0 Å². The Morgan fingerprint density at radius 3 is 2.64 bits per heavy atom. The number of carbonyl (C=O) groups excluding carboxylic acids is 1. The third kappa shape index (κ3) is 2.74. The molecule has 2 aromatic carbocycles. The summed E-state index contributed by atoms with van der Waals surface area (Å²) in [5.74, 6) is 0.600. The molecule has 2 N–H and O–H groups in total. The van der Waals surface area contributed by atoms with Gasteiger partial charge in [0.2, 0.25) is 5.91 Å². The molecular formula is C17H16N2O3. The molecule has 0 fully saturated rings. The van der Waals surface area contributed by atoms with E-state index in [4.69, 9.17) is 4.74 Å². The van der Waals surface area contributed by atoms with E-state index in [1.165, 1.54) is 0 Å². The second kappa shape index (κ2) is 5.81. The van der Waals surface area contributed by atoms with Gasteiger partial charge in [0.05, 0.1) is 19.0 Å². The Morgan fingerprint density at radius 1 is 1.18 bits per heavy atom. The molecule has 0 saturated heterocycles. The lowest BCUT2D eigenvalue weighted by molar-refractivity contribution is -0.115. The maximum Gasteiger partial charge on any atom is 0.228 e. The molecule has 1 heterocycles. The summed E-state index contributed by atoms with van der Waals surface area (Å²) in [6.07, 6.45) is 1.76. The number of nitrogens with zero attached hydrogens (tertiary/aromatic N) is 1. The summed E-state index contributed by atoms with van der Waals surface area (Å²) in [7, 11) is 1.60. The van der Waals surface area contributed by atoms with Crippen LogP contribution < -0.4 is 10.1 Å². The molecule has 0 atom stereocenters. The molecule has 0 saturated carbocycles. The first-order valence-corrected chi connectivity index (χ1v) is 6.89. The van der Waals surface area contributed by atoms with Gasteiger partial charge in [0.15, 0.2) is 0 Å². The first-order chi connectivity index (χ1) is 10.7. The molecular weight excluding hydrogens is 280 g/mol. The van der Waals surface area contributed by atoms with E-state index in [1.807, 2.05) is 18.2 Å². The van der Waals surface area contributed by atoms with Crippen molar-refractivity contribution >= 4 is 22.5 Å². The Labute approximate surface area is 127 Å². The van der Waals surface area contributed by atoms with Gasteiger partial charge in [0, 0.05) is 17.3 Å². The summed E-state index contributed by atoms with van der Waals surface area (Å²) in [5.41, 5.74) is 2.18. The minimum absolute atomic E-state index is 0.137. The fourth-order valence-corrected chi connectivity index (χ4v) is 2.43. The van der Waals surface area contributed by atoms with Crippen LogP contribution in [0.4, 0.5) is 5.69 Å². The highest BCUT2D eigenvalue weighted by Gasteiger charge is 2.11. The molecule has 112 valence electrons. The van der Waals surface area contributed by atoms with Gasteiger partial charge in [-0.25, -0.2) is 0 Å². The van der Waals surface area contributed by atoms with Crippen molar-refractivity contribution in [3.63, 3.8) is 0 Å². The number of hydrogen-bond acceptors (Lipinski definition) is 3. The Bertz CT molecular complexity index is 806. The second-order valence-corrected chi connectivity index (χ2v) is 4.97. The van der Waals surface area contributed by atoms with Crippen molar-refractivity contribution in [3.05, 3.63) is 60.3 Å². The van der Waals surface area contributed by atoms with Crippen molar-refractivity contribution in [2.45, 2.75) is 6.42 Å². The van der Waals surface area contributed by atoms with Crippen LogP contribution in [0.2, 0.25) is 0 Å². The van der Waals surface area contributed by atoms with E-state index in [2.05, 4.69) is 5.32 Å². The smallest absolute Gasteiger partial charge is 0.228 e. The standard InChI is InChI=1S/C17H16N2O3/c1-22-14-8-6-13(7-9-14)18-17(20)10-12-11-19(21)16-5-3-2-4-15(12)16/h2-9,11,21H,10H2,1H3,(H,18,20). The average molecular weight is 296 g/mol. The maximum atomic E-state index is 12.2. The minimum atomic E-state index is -0.137. The van der Waals surface area contributed by atoms with Gasteiger partial charge in [-0.2, -0.15) is 4.73 Å². The van der Waals surface area contributed by atoms with Crippen LogP contribution in [0.15, 0.2) is 54.7 Å². The SMILES string of the molecule is COc1ccc(NC(=O)Cc2cn(O)c3ccccc23)cc1. The number of para-hydroxylation sites is 1. The van der Waals surface area contributed by atoms with Crippen LogP contribution in [0.5, 0.6) is 5.75 Å². The molecule has 0 bridgehead atoms. The van der Waals surface area contributed by atoms with Gasteiger partial charge in [0.25, 0.3) is 0 Å². The number of benzene rings is 2. The van der Waals surface area contributed by atoms with Crippen LogP contribution in [-0.2, 0) is 11.2 Å². The first kappa shape index (κ1) is 14.0. The van der Waals surface area contributed by atoms with Crippen molar-refractivity contribution in [3.8, 4) is 5.75 Å². The highest BCUT2D eigenvalue weighted by atomic mass is 16.5. The largest absolute Gasteiger partial charge is 0.497 e. The number of ether oxygens (including phenoxy) is 1. The Balaban J connectivity index is 1.75. The van der Waals surface area contributed by atoms with Gasteiger partial charge in [-0.3, -0.25) is 4.79 Å². The number of carbonyl (C=O) groups is 1. The lowest BCUT2D eigenvalue weighted by Gasteiger charge is -2.06. The predicted octanol–water partition coefficient (Wildman–Crippen LogP) is 3.07. The number of anilines is 1. The van der Waals surface area contributed by atoms with Crippen molar-refractivity contribution < 1.29 is 14.7 Å². The van der Waals surface area contributed by atoms with Gasteiger partial charge in [-0.1, -0.05) is 18.2 Å². The van der Waals surface area contributed by atoms with Gasteiger partial charge in [0.1, 0.15) is 5.75 Å². The summed E-state index contributed by atoms with van der Waals surface area (Å²) >= 11 is 0. The van der Waals surface area contributed by atoms with Gasteiger partial charge >= 0.3 is 0 Å². The Morgan fingerprint density at radius 2 is 1.91 bits per heavy atom. The molecule has 0 aliphatic heterocycles. The number of nitrogens with one attached hydrogen (secondary N) is 1. The van der Waals surface area contributed by atoms with E-state index in [0.717, 1.165) is 21.4 Å². The van der Waals surface area contributed by atoms with Crippen LogP contribution in [0, 0.1) is 0 Å². The minimum Gasteiger partial charge on any atom is -0.497 e. The lowest BCUT2D eigenvalue weighted by Crippen LogP contribution is -2.14. The van der Waals surface area contributed by atoms with Crippen molar-refractivity contribution in [2.75, 3.05) is 12.4 Å². The van der Waals surface area contributed by atoms with E-state index in [-0.39, 0.29) is 12.3 Å². The number of methoxy groups -OCH3 is 1. The summed E-state index contributed by atoms with van der Waals surface area (Å²) in [6, 6.07) is 14.6. The summed E-state index contributed by atoms with van der Waals surface area (Å²) in [6.45, 7) is 0. The molecule has 1 amide bonds. The molecule has 0 radical (unpaired) electrons. The van der Waals surface area contributed by atoms with Gasteiger partial charge < -0.3 is 15.3 Å². The van der Waals surface area contributed by atoms with E-state index < -0.39 is 0 Å². The van der Waals surface area contributed by atoms with E-state index in [0.29, 0.717) is 11.2 Å². The molecule has 0 aliphatic rings. The van der Waals surface area contributed by atoms with Crippen LogP contribution in [-0.4, -0.2) is 23.0 Å². The zero-order valence-electron chi connectivity index (χ0n) is 12.1. The predicted molar refractivity (Wildman–Crippen MR) is 84.5 cm³/mol. The second-order valence-electron chi connectivity index (χ2n) is 4.97. The maximum absolute atomic E-state index is 12.2. The highest BCUT2D eigenvalue weighted by Crippen LogP contribution is 2.21. The Hall–Kier alpha value is -2.95. The zero-order chi connectivity index (χ0) is 15.5. The molecule has 0 spiro atoms. The van der Waals surface area contributed by atoms with E-state index >= 15 is 0 Å². The van der Waals surface area contributed by atoms with Crippen molar-refractivity contribution in [2.24, 2.45) is 0 Å². The number of rotatable bonds is 4. The molecule has 0 unspecified atom stereocenters. The highest BCUT2D eigenvalue weighted by molar-refractivity contribution is 5.95. The monoisotopic (exact) mass is 296 g/mol. The third-order valence-corrected chi connectivity index (χ3v) is 3.50. The number of hydrogen-bond donors (Lipinski definition) is 2. The number of fused-ring (bicyclic) bond motifs is 1. The average Bonchev–Trinajstić information content (AvgIpc) is 2.85. The topological polar surface area (TPSA) is 63.5 Å². The van der Waals surface area contributed by atoms with Crippen LogP contribution in [0.1, 0.15) is 5.56 Å². The van der Waals surface area contributed by atoms with Crippen LogP contribution >= 0.6 is 0 Å². The summed E-state index contributed by atoms with van der Waals surface area (Å²) in [4.78, 5) is 12.2. The number of aromatic nitrogens is 1. The number of amides is 1. The van der Waals surface area contributed by atoms with Crippen LogP contribution in [0.25, 0.3) is 10.9 Å². The molecule has 0 aliphatic carbocycles. The molecule has 5 nitrogen and oxygen atoms in total. The van der Waals surface area contributed by atoms with Gasteiger partial charge in [-0.05, 0) is 35.9 Å². The fraction of sp³-hybridized carbons (Fsp3) is 0.118.